The van der Waals surface area contributed by atoms with Gasteiger partial charge in [-0.25, -0.2) is 19.9 Å². The highest BCUT2D eigenvalue weighted by molar-refractivity contribution is 9.10. The minimum absolute atomic E-state index is 0.650. The molecule has 2 aliphatic rings. The van der Waals surface area contributed by atoms with E-state index < -0.39 is 0 Å². The summed E-state index contributed by atoms with van der Waals surface area (Å²) in [4.78, 5) is 22.3. The Morgan fingerprint density at radius 3 is 2.17 bits per heavy atom. The van der Waals surface area contributed by atoms with Crippen LogP contribution < -0.4 is 9.80 Å². The Hall–Kier alpha value is -1.76. The van der Waals surface area contributed by atoms with E-state index in [-0.39, 0.29) is 0 Å². The van der Waals surface area contributed by atoms with Crippen molar-refractivity contribution in [1.29, 1.82) is 0 Å². The predicted octanol–water partition coefficient (Wildman–Crippen LogP) is 2.22. The van der Waals surface area contributed by atoms with Crippen LogP contribution in [0.4, 0.5) is 11.8 Å². The fourth-order valence-electron chi connectivity index (χ4n) is 3.64. The van der Waals surface area contributed by atoms with Gasteiger partial charge in [-0.15, -0.1) is 0 Å². The number of hydrogen-bond acceptors (Lipinski definition) is 6. The third-order valence-electron chi connectivity index (χ3n) is 4.98. The lowest BCUT2D eigenvalue weighted by molar-refractivity contribution is 0.533. The Morgan fingerprint density at radius 1 is 0.913 bits per heavy atom. The number of hydrogen-bond donors (Lipinski definition) is 0. The van der Waals surface area contributed by atoms with Crippen LogP contribution in [0, 0.1) is 25.7 Å². The van der Waals surface area contributed by atoms with Gasteiger partial charge in [-0.1, -0.05) is 0 Å². The second-order valence-corrected chi connectivity index (χ2v) is 7.35. The van der Waals surface area contributed by atoms with Crippen LogP contribution in [0.5, 0.6) is 0 Å². The van der Waals surface area contributed by atoms with Gasteiger partial charge in [0.1, 0.15) is 12.1 Å². The predicted molar refractivity (Wildman–Crippen MR) is 92.6 cm³/mol. The molecule has 0 N–H and O–H groups in total. The van der Waals surface area contributed by atoms with Gasteiger partial charge in [0.25, 0.3) is 0 Å². The van der Waals surface area contributed by atoms with Crippen molar-refractivity contribution in [2.45, 2.75) is 13.8 Å². The van der Waals surface area contributed by atoms with Crippen molar-refractivity contribution in [3.63, 3.8) is 0 Å². The molecule has 0 amide bonds. The van der Waals surface area contributed by atoms with Crippen LogP contribution in [0.25, 0.3) is 0 Å². The highest BCUT2D eigenvalue weighted by Gasteiger charge is 2.41. The molecular weight excluding hydrogens is 356 g/mol. The first-order valence-corrected chi connectivity index (χ1v) is 8.67. The fraction of sp³-hybridized carbons (Fsp3) is 0.500. The van der Waals surface area contributed by atoms with Gasteiger partial charge in [-0.3, -0.25) is 0 Å². The lowest BCUT2D eigenvalue weighted by Crippen LogP contribution is -2.30. The number of halogens is 1. The van der Waals surface area contributed by atoms with Crippen molar-refractivity contribution in [2.75, 3.05) is 36.0 Å². The van der Waals surface area contributed by atoms with E-state index in [1.807, 2.05) is 19.3 Å². The normalized spacial score (nSPS) is 23.4. The summed E-state index contributed by atoms with van der Waals surface area (Å²) in [5.41, 5.74) is 2.26. The van der Waals surface area contributed by atoms with Gasteiger partial charge in [-0.05, 0) is 29.8 Å². The second kappa shape index (κ2) is 5.70. The summed E-state index contributed by atoms with van der Waals surface area (Å²) in [6.07, 6.45) is 5.30. The first-order chi connectivity index (χ1) is 11.1. The summed E-state index contributed by atoms with van der Waals surface area (Å²) in [6, 6.07) is 0. The second-order valence-electron chi connectivity index (χ2n) is 6.44. The number of nitrogens with zero attached hydrogens (tertiary/aromatic N) is 6. The van der Waals surface area contributed by atoms with E-state index in [1.165, 1.54) is 5.56 Å². The lowest BCUT2D eigenvalue weighted by Gasteiger charge is -2.23. The average Bonchev–Trinajstić information content (AvgIpc) is 3.09. The van der Waals surface area contributed by atoms with Crippen LogP contribution in [-0.4, -0.2) is 46.1 Å². The Kier molecular flexibility index (Phi) is 3.67. The van der Waals surface area contributed by atoms with E-state index in [9.17, 15) is 0 Å². The molecule has 0 aliphatic carbocycles. The van der Waals surface area contributed by atoms with Gasteiger partial charge in [0, 0.05) is 61.7 Å². The molecule has 120 valence electrons. The molecule has 0 radical (unpaired) electrons. The molecule has 2 atom stereocenters. The van der Waals surface area contributed by atoms with E-state index in [2.05, 4.69) is 52.6 Å². The molecule has 6 nitrogen and oxygen atoms in total. The van der Waals surface area contributed by atoms with Gasteiger partial charge in [-0.2, -0.15) is 0 Å². The van der Waals surface area contributed by atoms with Gasteiger partial charge in [0.15, 0.2) is 0 Å². The van der Waals surface area contributed by atoms with Gasteiger partial charge < -0.3 is 9.80 Å². The average molecular weight is 375 g/mol. The molecule has 0 saturated carbocycles. The lowest BCUT2D eigenvalue weighted by atomic mass is 10.0. The molecular formula is C16H19BrN6. The molecule has 2 unspecified atom stereocenters. The number of aryl methyl sites for hydroxylation is 1. The smallest absolute Gasteiger partial charge is 0.225 e. The number of rotatable bonds is 2. The van der Waals surface area contributed by atoms with E-state index >= 15 is 0 Å². The SMILES string of the molecule is Cc1ncnc(N2CC3CN(c4ncc(Br)cn4)CC3C2)c1C. The van der Waals surface area contributed by atoms with Gasteiger partial charge in [0.2, 0.25) is 5.95 Å². The largest absolute Gasteiger partial charge is 0.356 e. The van der Waals surface area contributed by atoms with Crippen LogP contribution in [-0.2, 0) is 0 Å². The van der Waals surface area contributed by atoms with E-state index in [0.717, 1.165) is 48.1 Å². The first kappa shape index (κ1) is 14.8. The minimum atomic E-state index is 0.650. The van der Waals surface area contributed by atoms with Gasteiger partial charge >= 0.3 is 0 Å². The number of aromatic nitrogens is 4. The molecule has 2 saturated heterocycles. The molecule has 4 heterocycles. The maximum atomic E-state index is 4.51. The van der Waals surface area contributed by atoms with E-state index in [1.54, 1.807) is 6.33 Å². The Morgan fingerprint density at radius 2 is 1.52 bits per heavy atom. The van der Waals surface area contributed by atoms with Crippen molar-refractivity contribution >= 4 is 27.7 Å². The third kappa shape index (κ3) is 2.67. The van der Waals surface area contributed by atoms with E-state index in [4.69, 9.17) is 0 Å². The maximum Gasteiger partial charge on any atom is 0.225 e. The van der Waals surface area contributed by atoms with Gasteiger partial charge in [0.05, 0.1) is 4.47 Å². The van der Waals surface area contributed by atoms with Crippen molar-refractivity contribution in [3.05, 3.63) is 34.5 Å². The Balaban J connectivity index is 1.48. The molecule has 0 bridgehead atoms. The topological polar surface area (TPSA) is 58.0 Å². The minimum Gasteiger partial charge on any atom is -0.356 e. The molecule has 7 heteroatoms. The van der Waals surface area contributed by atoms with E-state index in [0.29, 0.717) is 11.8 Å². The van der Waals surface area contributed by atoms with Crippen molar-refractivity contribution in [3.8, 4) is 0 Å². The zero-order valence-corrected chi connectivity index (χ0v) is 14.9. The first-order valence-electron chi connectivity index (χ1n) is 7.87. The van der Waals surface area contributed by atoms with Crippen LogP contribution in [0.3, 0.4) is 0 Å². The standard InChI is InChI=1S/C16H19BrN6/c1-10-11(2)20-9-21-15(10)22-5-12-7-23(8-13(12)6-22)16-18-3-14(17)4-19-16/h3-4,9,12-13H,5-8H2,1-2H3. The Bertz CT molecular complexity index is 705. The summed E-state index contributed by atoms with van der Waals surface area (Å²) in [5, 5.41) is 0. The summed E-state index contributed by atoms with van der Waals surface area (Å²) in [6.45, 7) is 8.30. The summed E-state index contributed by atoms with van der Waals surface area (Å²) in [5.74, 6) is 3.23. The zero-order valence-electron chi connectivity index (χ0n) is 13.3. The summed E-state index contributed by atoms with van der Waals surface area (Å²) >= 11 is 3.39. The van der Waals surface area contributed by atoms with Crippen LogP contribution in [0.15, 0.2) is 23.2 Å². The van der Waals surface area contributed by atoms with Crippen molar-refractivity contribution in [1.82, 2.24) is 19.9 Å². The molecule has 4 rings (SSSR count). The Labute approximate surface area is 144 Å². The monoisotopic (exact) mass is 374 g/mol. The zero-order chi connectivity index (χ0) is 16.0. The number of anilines is 2. The van der Waals surface area contributed by atoms with Crippen LogP contribution >= 0.6 is 15.9 Å². The van der Waals surface area contributed by atoms with Crippen LogP contribution in [0.1, 0.15) is 11.3 Å². The molecule has 2 aliphatic heterocycles. The summed E-state index contributed by atoms with van der Waals surface area (Å²) in [7, 11) is 0. The molecule has 0 spiro atoms. The highest BCUT2D eigenvalue weighted by atomic mass is 79.9. The molecule has 2 aromatic heterocycles. The fourth-order valence-corrected chi connectivity index (χ4v) is 3.85. The molecule has 23 heavy (non-hydrogen) atoms. The van der Waals surface area contributed by atoms with Crippen molar-refractivity contribution < 1.29 is 0 Å². The molecule has 2 aromatic rings. The number of fused-ring (bicyclic) bond motifs is 1. The molecule has 0 aromatic carbocycles. The van der Waals surface area contributed by atoms with Crippen molar-refractivity contribution in [2.24, 2.45) is 11.8 Å². The third-order valence-corrected chi connectivity index (χ3v) is 5.39. The summed E-state index contributed by atoms with van der Waals surface area (Å²) < 4.78 is 0.918. The van der Waals surface area contributed by atoms with Crippen LogP contribution in [0.2, 0.25) is 0 Å². The maximum absolute atomic E-state index is 4.51. The molecule has 2 fully saturated rings. The quantitative estimate of drug-likeness (QED) is 0.802. The highest BCUT2D eigenvalue weighted by Crippen LogP contribution is 2.35.